The summed E-state index contributed by atoms with van der Waals surface area (Å²) in [6.07, 6.45) is 0.0690. The molecule has 7 nitrogen and oxygen atoms in total. The van der Waals surface area contributed by atoms with Crippen LogP contribution in [0, 0.1) is 13.8 Å². The van der Waals surface area contributed by atoms with Gasteiger partial charge >= 0.3 is 0 Å². The summed E-state index contributed by atoms with van der Waals surface area (Å²) in [6.45, 7) is 5.61. The summed E-state index contributed by atoms with van der Waals surface area (Å²) in [7, 11) is 3.02. The van der Waals surface area contributed by atoms with Crippen molar-refractivity contribution < 1.29 is 19.1 Å². The van der Waals surface area contributed by atoms with Crippen molar-refractivity contribution in [1.82, 2.24) is 5.43 Å². The second-order valence-corrected chi connectivity index (χ2v) is 6.40. The maximum Gasteiger partial charge on any atom is 0.271 e. The summed E-state index contributed by atoms with van der Waals surface area (Å²) in [4.78, 5) is 24.4. The Morgan fingerprint density at radius 1 is 1.00 bits per heavy atom. The molecule has 0 radical (unpaired) electrons. The first-order chi connectivity index (χ1) is 13.3. The first kappa shape index (κ1) is 21.0. The second-order valence-electron chi connectivity index (χ2n) is 6.40. The van der Waals surface area contributed by atoms with E-state index < -0.39 is 5.91 Å². The molecule has 0 aromatic heterocycles. The standard InChI is InChI=1S/C21H25N3O4/c1-13-6-8-17(14(2)10-13)22-20(25)11-15(3)23-24-21(26)16-7-9-18(27-4)19(12-16)28-5/h6-10,12H,11H2,1-5H3,(H,22,25)(H,24,26)/b23-15+. The van der Waals surface area contributed by atoms with E-state index >= 15 is 0 Å². The van der Waals surface area contributed by atoms with Crippen LogP contribution in [0.5, 0.6) is 11.5 Å². The van der Waals surface area contributed by atoms with E-state index in [1.165, 1.54) is 14.2 Å². The Balaban J connectivity index is 1.96. The summed E-state index contributed by atoms with van der Waals surface area (Å²) in [5.74, 6) is 0.370. The van der Waals surface area contributed by atoms with Crippen LogP contribution in [-0.4, -0.2) is 31.7 Å². The molecule has 7 heteroatoms. The predicted molar refractivity (Wildman–Crippen MR) is 109 cm³/mol. The molecule has 0 atom stereocenters. The van der Waals surface area contributed by atoms with Gasteiger partial charge in [-0.3, -0.25) is 9.59 Å². The summed E-state index contributed by atoms with van der Waals surface area (Å²) < 4.78 is 10.3. The number of hydrogen-bond acceptors (Lipinski definition) is 5. The fourth-order valence-corrected chi connectivity index (χ4v) is 2.61. The highest BCUT2D eigenvalue weighted by atomic mass is 16.5. The summed E-state index contributed by atoms with van der Waals surface area (Å²) in [5.41, 5.74) is 6.18. The number of carbonyl (C=O) groups is 2. The van der Waals surface area contributed by atoms with Crippen LogP contribution in [0.3, 0.4) is 0 Å². The van der Waals surface area contributed by atoms with Crippen molar-refractivity contribution in [1.29, 1.82) is 0 Å². The molecule has 0 saturated heterocycles. The van der Waals surface area contributed by atoms with Gasteiger partial charge in [0, 0.05) is 17.0 Å². The van der Waals surface area contributed by atoms with Gasteiger partial charge in [-0.1, -0.05) is 17.7 Å². The molecule has 2 aromatic rings. The zero-order chi connectivity index (χ0) is 20.7. The third-order valence-corrected chi connectivity index (χ3v) is 4.07. The number of amides is 2. The molecule has 28 heavy (non-hydrogen) atoms. The number of nitrogens with zero attached hydrogens (tertiary/aromatic N) is 1. The molecular formula is C21H25N3O4. The monoisotopic (exact) mass is 383 g/mol. The van der Waals surface area contributed by atoms with E-state index in [9.17, 15) is 9.59 Å². The van der Waals surface area contributed by atoms with E-state index in [4.69, 9.17) is 9.47 Å². The number of rotatable bonds is 7. The van der Waals surface area contributed by atoms with Crippen LogP contribution in [0.1, 0.15) is 34.8 Å². The molecule has 0 aliphatic heterocycles. The number of hydrazone groups is 1. The third kappa shape index (κ3) is 5.57. The summed E-state index contributed by atoms with van der Waals surface area (Å²) in [6, 6.07) is 10.6. The molecule has 2 aromatic carbocycles. The van der Waals surface area contributed by atoms with Crippen molar-refractivity contribution in [2.24, 2.45) is 5.10 Å². The number of ether oxygens (including phenoxy) is 2. The number of nitrogens with one attached hydrogen (secondary N) is 2. The quantitative estimate of drug-likeness (QED) is 0.566. The Labute approximate surface area is 164 Å². The molecule has 2 rings (SSSR count). The van der Waals surface area contributed by atoms with Gasteiger partial charge < -0.3 is 14.8 Å². The van der Waals surface area contributed by atoms with Gasteiger partial charge in [-0.25, -0.2) is 5.43 Å². The maximum atomic E-state index is 12.3. The minimum Gasteiger partial charge on any atom is -0.493 e. The Morgan fingerprint density at radius 3 is 2.36 bits per heavy atom. The van der Waals surface area contributed by atoms with E-state index in [-0.39, 0.29) is 12.3 Å². The largest absolute Gasteiger partial charge is 0.493 e. The van der Waals surface area contributed by atoms with E-state index in [1.807, 2.05) is 32.0 Å². The molecule has 0 saturated carbocycles. The van der Waals surface area contributed by atoms with E-state index in [1.54, 1.807) is 25.1 Å². The maximum absolute atomic E-state index is 12.3. The smallest absolute Gasteiger partial charge is 0.271 e. The van der Waals surface area contributed by atoms with Crippen molar-refractivity contribution in [3.05, 3.63) is 53.1 Å². The van der Waals surface area contributed by atoms with Gasteiger partial charge in [-0.05, 0) is 50.6 Å². The predicted octanol–water partition coefficient (Wildman–Crippen LogP) is 3.46. The van der Waals surface area contributed by atoms with Gasteiger partial charge in [0.1, 0.15) is 0 Å². The Kier molecular flexibility index (Phi) is 7.14. The van der Waals surface area contributed by atoms with Crippen LogP contribution in [0.25, 0.3) is 0 Å². The van der Waals surface area contributed by atoms with Crippen LogP contribution < -0.4 is 20.2 Å². The highest BCUT2D eigenvalue weighted by Crippen LogP contribution is 2.27. The van der Waals surface area contributed by atoms with E-state index in [2.05, 4.69) is 15.8 Å². The Bertz CT molecular complexity index is 907. The van der Waals surface area contributed by atoms with Crippen LogP contribution in [0.15, 0.2) is 41.5 Å². The van der Waals surface area contributed by atoms with E-state index in [0.29, 0.717) is 22.8 Å². The van der Waals surface area contributed by atoms with Gasteiger partial charge in [0.2, 0.25) is 5.91 Å². The fourth-order valence-electron chi connectivity index (χ4n) is 2.61. The van der Waals surface area contributed by atoms with Gasteiger partial charge in [-0.15, -0.1) is 0 Å². The highest BCUT2D eigenvalue weighted by Gasteiger charge is 2.11. The Hall–Kier alpha value is -3.35. The second kappa shape index (κ2) is 9.55. The van der Waals surface area contributed by atoms with Crippen molar-refractivity contribution in [2.75, 3.05) is 19.5 Å². The van der Waals surface area contributed by atoms with Crippen molar-refractivity contribution in [2.45, 2.75) is 27.2 Å². The fraction of sp³-hybridized carbons (Fsp3) is 0.286. The molecule has 2 amide bonds. The zero-order valence-electron chi connectivity index (χ0n) is 16.8. The Morgan fingerprint density at radius 2 is 1.71 bits per heavy atom. The molecule has 0 bridgehead atoms. The number of aryl methyl sites for hydroxylation is 2. The lowest BCUT2D eigenvalue weighted by Gasteiger charge is -2.10. The van der Waals surface area contributed by atoms with Gasteiger partial charge in [-0.2, -0.15) is 5.10 Å². The van der Waals surface area contributed by atoms with Crippen LogP contribution >= 0.6 is 0 Å². The average molecular weight is 383 g/mol. The number of benzene rings is 2. The van der Waals surface area contributed by atoms with Crippen molar-refractivity contribution in [3.8, 4) is 11.5 Å². The van der Waals surface area contributed by atoms with Gasteiger partial charge in [0.05, 0.1) is 20.6 Å². The zero-order valence-corrected chi connectivity index (χ0v) is 16.8. The van der Waals surface area contributed by atoms with Crippen LogP contribution in [-0.2, 0) is 4.79 Å². The molecule has 0 aliphatic rings. The minimum atomic E-state index is -0.407. The number of hydrogen-bond donors (Lipinski definition) is 2. The lowest BCUT2D eigenvalue weighted by atomic mass is 10.1. The molecular weight excluding hydrogens is 358 g/mol. The molecule has 0 heterocycles. The third-order valence-electron chi connectivity index (χ3n) is 4.07. The normalized spacial score (nSPS) is 11.0. The molecule has 0 spiro atoms. The van der Waals surface area contributed by atoms with Crippen LogP contribution in [0.4, 0.5) is 5.69 Å². The summed E-state index contributed by atoms with van der Waals surface area (Å²) >= 11 is 0. The first-order valence-electron chi connectivity index (χ1n) is 8.76. The van der Waals surface area contributed by atoms with Gasteiger partial charge in [0.25, 0.3) is 5.91 Å². The molecule has 0 fully saturated rings. The molecule has 0 aliphatic carbocycles. The number of anilines is 1. The average Bonchev–Trinajstić information content (AvgIpc) is 2.67. The van der Waals surface area contributed by atoms with Crippen LogP contribution in [0.2, 0.25) is 0 Å². The summed E-state index contributed by atoms with van der Waals surface area (Å²) in [5, 5.41) is 6.85. The van der Waals surface area contributed by atoms with Crippen molar-refractivity contribution in [3.63, 3.8) is 0 Å². The number of carbonyl (C=O) groups excluding carboxylic acids is 2. The van der Waals surface area contributed by atoms with Gasteiger partial charge in [0.15, 0.2) is 11.5 Å². The lowest BCUT2D eigenvalue weighted by molar-refractivity contribution is -0.115. The first-order valence-corrected chi connectivity index (χ1v) is 8.76. The topological polar surface area (TPSA) is 89.0 Å². The minimum absolute atomic E-state index is 0.0690. The molecule has 0 unspecified atom stereocenters. The lowest BCUT2D eigenvalue weighted by Crippen LogP contribution is -2.21. The SMILES string of the molecule is COc1ccc(C(=O)N/N=C(\C)CC(=O)Nc2ccc(C)cc2C)cc1OC. The molecule has 148 valence electrons. The van der Waals surface area contributed by atoms with E-state index in [0.717, 1.165) is 16.8 Å². The highest BCUT2D eigenvalue weighted by molar-refractivity contribution is 6.06. The molecule has 2 N–H and O–H groups in total. The number of methoxy groups -OCH3 is 2. The van der Waals surface area contributed by atoms with Crippen molar-refractivity contribution >= 4 is 23.2 Å².